The van der Waals surface area contributed by atoms with Crippen LogP contribution < -0.4 is 5.32 Å². The Labute approximate surface area is 105 Å². The maximum Gasteiger partial charge on any atom is 0.222 e. The van der Waals surface area contributed by atoms with Crippen molar-refractivity contribution in [2.45, 2.75) is 26.7 Å². The molecule has 0 aromatic carbocycles. The van der Waals surface area contributed by atoms with Gasteiger partial charge in [-0.2, -0.15) is 0 Å². The minimum atomic E-state index is -0.0730. The van der Waals surface area contributed by atoms with Crippen molar-refractivity contribution in [3.8, 4) is 0 Å². The number of aliphatic hydroxyl groups is 1. The summed E-state index contributed by atoms with van der Waals surface area (Å²) in [6.45, 7) is 5.05. The summed E-state index contributed by atoms with van der Waals surface area (Å²) in [5.74, 6) is 0.600. The summed E-state index contributed by atoms with van der Waals surface area (Å²) in [4.78, 5) is 8.27. The first-order chi connectivity index (χ1) is 7.65. The van der Waals surface area contributed by atoms with Crippen molar-refractivity contribution in [2.75, 3.05) is 18.5 Å². The summed E-state index contributed by atoms with van der Waals surface area (Å²) >= 11 is 3.28. The summed E-state index contributed by atoms with van der Waals surface area (Å²) in [7, 11) is 0. The van der Waals surface area contributed by atoms with Gasteiger partial charge < -0.3 is 10.4 Å². The molecule has 4 nitrogen and oxygen atoms in total. The van der Waals surface area contributed by atoms with Gasteiger partial charge in [-0.3, -0.25) is 0 Å². The van der Waals surface area contributed by atoms with Crippen molar-refractivity contribution in [3.05, 3.63) is 16.9 Å². The molecular formula is C11H18BrN3O. The number of halogens is 1. The van der Waals surface area contributed by atoms with Gasteiger partial charge in [0, 0.05) is 24.4 Å². The first kappa shape index (κ1) is 13.4. The minimum Gasteiger partial charge on any atom is -0.396 e. The zero-order valence-electron chi connectivity index (χ0n) is 9.70. The summed E-state index contributed by atoms with van der Waals surface area (Å²) < 4.78 is 0.859. The van der Waals surface area contributed by atoms with Gasteiger partial charge in [0.25, 0.3) is 0 Å². The van der Waals surface area contributed by atoms with Gasteiger partial charge in [-0.15, -0.1) is 0 Å². The molecule has 1 aromatic rings. The molecule has 0 saturated heterocycles. The summed E-state index contributed by atoms with van der Waals surface area (Å²) in [5.41, 5.74) is -0.0730. The number of aliphatic hydroxyl groups excluding tert-OH is 1. The zero-order valence-corrected chi connectivity index (χ0v) is 11.3. The monoisotopic (exact) mass is 287 g/mol. The molecule has 0 fully saturated rings. The van der Waals surface area contributed by atoms with E-state index in [9.17, 15) is 5.11 Å². The Morgan fingerprint density at radius 3 is 2.31 bits per heavy atom. The Bertz CT molecular complexity index is 303. The first-order valence-electron chi connectivity index (χ1n) is 5.48. The number of anilines is 1. The van der Waals surface area contributed by atoms with Gasteiger partial charge in [-0.1, -0.05) is 13.8 Å². The normalized spacial score (nSPS) is 11.5. The van der Waals surface area contributed by atoms with Crippen molar-refractivity contribution >= 4 is 21.9 Å². The highest BCUT2D eigenvalue weighted by Gasteiger charge is 2.25. The van der Waals surface area contributed by atoms with Crippen LogP contribution in [0.15, 0.2) is 16.9 Å². The van der Waals surface area contributed by atoms with Crippen molar-refractivity contribution in [1.82, 2.24) is 9.97 Å². The van der Waals surface area contributed by atoms with E-state index >= 15 is 0 Å². The van der Waals surface area contributed by atoms with Crippen LogP contribution in [0.2, 0.25) is 0 Å². The molecule has 90 valence electrons. The van der Waals surface area contributed by atoms with Gasteiger partial charge in [0.2, 0.25) is 5.95 Å². The molecule has 0 bridgehead atoms. The highest BCUT2D eigenvalue weighted by atomic mass is 79.9. The molecular weight excluding hydrogens is 270 g/mol. The molecule has 0 aliphatic heterocycles. The lowest BCUT2D eigenvalue weighted by Crippen LogP contribution is -2.32. The Kier molecular flexibility index (Phi) is 5.15. The fourth-order valence-corrected chi connectivity index (χ4v) is 1.65. The Morgan fingerprint density at radius 1 is 1.31 bits per heavy atom. The van der Waals surface area contributed by atoms with Crippen LogP contribution in [0.5, 0.6) is 0 Å². The van der Waals surface area contributed by atoms with Gasteiger partial charge in [-0.05, 0) is 28.8 Å². The smallest absolute Gasteiger partial charge is 0.222 e. The Balaban J connectivity index is 2.58. The fraction of sp³-hybridized carbons (Fsp3) is 0.636. The van der Waals surface area contributed by atoms with E-state index in [1.807, 2.05) is 0 Å². The number of aromatic nitrogens is 2. The maximum absolute atomic E-state index is 9.41. The summed E-state index contributed by atoms with van der Waals surface area (Å²) in [6.07, 6.45) is 5.27. The van der Waals surface area contributed by atoms with Gasteiger partial charge in [0.15, 0.2) is 0 Å². The van der Waals surface area contributed by atoms with E-state index in [-0.39, 0.29) is 12.0 Å². The molecule has 0 unspecified atom stereocenters. The summed E-state index contributed by atoms with van der Waals surface area (Å²) in [5, 5.41) is 12.6. The molecule has 0 aliphatic rings. The number of rotatable bonds is 6. The molecule has 1 aromatic heterocycles. The second-order valence-corrected chi connectivity index (χ2v) is 4.86. The van der Waals surface area contributed by atoms with Gasteiger partial charge in [-0.25, -0.2) is 9.97 Å². The first-order valence-corrected chi connectivity index (χ1v) is 6.27. The van der Waals surface area contributed by atoms with Gasteiger partial charge >= 0.3 is 0 Å². The highest BCUT2D eigenvalue weighted by Crippen LogP contribution is 2.25. The predicted molar refractivity (Wildman–Crippen MR) is 68.3 cm³/mol. The predicted octanol–water partition coefficient (Wildman–Crippen LogP) is 2.45. The number of hydrogen-bond donors (Lipinski definition) is 2. The molecule has 0 atom stereocenters. The van der Waals surface area contributed by atoms with E-state index < -0.39 is 0 Å². The van der Waals surface area contributed by atoms with Crippen molar-refractivity contribution in [1.29, 1.82) is 0 Å². The molecule has 0 spiro atoms. The molecule has 1 rings (SSSR count). The van der Waals surface area contributed by atoms with E-state index in [1.165, 1.54) is 0 Å². The number of hydrogen-bond acceptors (Lipinski definition) is 4. The van der Waals surface area contributed by atoms with Crippen molar-refractivity contribution < 1.29 is 5.11 Å². The maximum atomic E-state index is 9.41. The highest BCUT2D eigenvalue weighted by molar-refractivity contribution is 9.10. The second kappa shape index (κ2) is 6.15. The third kappa shape index (κ3) is 3.42. The van der Waals surface area contributed by atoms with Crippen LogP contribution in [0, 0.1) is 5.41 Å². The third-order valence-electron chi connectivity index (χ3n) is 3.08. The van der Waals surface area contributed by atoms with Crippen LogP contribution in [0.4, 0.5) is 5.95 Å². The Hall–Kier alpha value is -0.680. The lowest BCUT2D eigenvalue weighted by Gasteiger charge is -2.29. The van der Waals surface area contributed by atoms with Crippen LogP contribution in [0.25, 0.3) is 0 Å². The van der Waals surface area contributed by atoms with E-state index in [0.717, 1.165) is 17.3 Å². The number of nitrogens with one attached hydrogen (secondary N) is 1. The lowest BCUT2D eigenvalue weighted by molar-refractivity contribution is 0.127. The third-order valence-corrected chi connectivity index (χ3v) is 3.49. The average molecular weight is 288 g/mol. The fourth-order valence-electron chi connectivity index (χ4n) is 1.45. The van der Waals surface area contributed by atoms with Gasteiger partial charge in [0.1, 0.15) is 0 Å². The van der Waals surface area contributed by atoms with E-state index in [2.05, 4.69) is 45.1 Å². The van der Waals surface area contributed by atoms with E-state index in [4.69, 9.17) is 0 Å². The van der Waals surface area contributed by atoms with Crippen LogP contribution in [-0.2, 0) is 0 Å². The molecule has 16 heavy (non-hydrogen) atoms. The van der Waals surface area contributed by atoms with Gasteiger partial charge in [0.05, 0.1) is 11.1 Å². The largest absolute Gasteiger partial charge is 0.396 e. The standard InChI is InChI=1S/C11H18BrN3O/c1-3-11(4-2,8-16)7-15-10-13-5-9(12)6-14-10/h5-6,16H,3-4,7-8H2,1-2H3,(H,13,14,15). The van der Waals surface area contributed by atoms with Crippen LogP contribution in [0.3, 0.4) is 0 Å². The molecule has 2 N–H and O–H groups in total. The molecule has 1 heterocycles. The summed E-state index contributed by atoms with van der Waals surface area (Å²) in [6, 6.07) is 0. The molecule has 0 saturated carbocycles. The quantitative estimate of drug-likeness (QED) is 0.844. The van der Waals surface area contributed by atoms with E-state index in [0.29, 0.717) is 12.5 Å². The van der Waals surface area contributed by atoms with Crippen molar-refractivity contribution in [3.63, 3.8) is 0 Å². The minimum absolute atomic E-state index is 0.0730. The topological polar surface area (TPSA) is 58.0 Å². The van der Waals surface area contributed by atoms with Crippen LogP contribution >= 0.6 is 15.9 Å². The molecule has 0 amide bonds. The molecule has 5 heteroatoms. The SMILES string of the molecule is CCC(CC)(CO)CNc1ncc(Br)cn1. The van der Waals surface area contributed by atoms with Crippen LogP contribution in [-0.4, -0.2) is 28.2 Å². The molecule has 0 aliphatic carbocycles. The van der Waals surface area contributed by atoms with Crippen molar-refractivity contribution in [2.24, 2.45) is 5.41 Å². The average Bonchev–Trinajstić information content (AvgIpc) is 2.34. The lowest BCUT2D eigenvalue weighted by atomic mass is 9.83. The second-order valence-electron chi connectivity index (χ2n) is 3.94. The Morgan fingerprint density at radius 2 is 1.88 bits per heavy atom. The number of nitrogens with zero attached hydrogens (tertiary/aromatic N) is 2. The van der Waals surface area contributed by atoms with Crippen LogP contribution in [0.1, 0.15) is 26.7 Å². The zero-order chi connectivity index (χ0) is 12.0. The van der Waals surface area contributed by atoms with E-state index in [1.54, 1.807) is 12.4 Å². The molecule has 0 radical (unpaired) electrons.